The van der Waals surface area contributed by atoms with E-state index in [2.05, 4.69) is 26.0 Å². The van der Waals surface area contributed by atoms with Crippen LogP contribution in [0.25, 0.3) is 0 Å². The third-order valence-electron chi connectivity index (χ3n) is 4.09. The Hall–Kier alpha value is -0.960. The van der Waals surface area contributed by atoms with Gasteiger partial charge < -0.3 is 11.1 Å². The van der Waals surface area contributed by atoms with Crippen molar-refractivity contribution in [2.75, 3.05) is 11.9 Å². The maximum Gasteiger partial charge on any atom is 0.242 e. The Balaban J connectivity index is 1.92. The minimum Gasteiger partial charge on any atom is -0.329 e. The molecule has 22 heavy (non-hydrogen) atoms. The van der Waals surface area contributed by atoms with Crippen LogP contribution in [0.3, 0.4) is 0 Å². The molecule has 0 saturated heterocycles. The van der Waals surface area contributed by atoms with Crippen LogP contribution in [0.5, 0.6) is 0 Å². The molecule has 1 aliphatic heterocycles. The van der Waals surface area contributed by atoms with Gasteiger partial charge in [-0.05, 0) is 58.8 Å². The molecule has 0 aromatic heterocycles. The molecule has 1 amide bonds. The summed E-state index contributed by atoms with van der Waals surface area (Å²) in [6, 6.07) is 3.04. The monoisotopic (exact) mass is 387 g/mol. The summed E-state index contributed by atoms with van der Waals surface area (Å²) in [5, 5.41) is 2.73. The summed E-state index contributed by atoms with van der Waals surface area (Å²) in [5.74, 6) is 0.236. The molecule has 6 nitrogen and oxygen atoms in total. The van der Waals surface area contributed by atoms with Crippen molar-refractivity contribution in [3.63, 3.8) is 0 Å². The minimum atomic E-state index is -3.69. The lowest BCUT2D eigenvalue weighted by Gasteiger charge is -2.21. The fourth-order valence-electron chi connectivity index (χ4n) is 2.68. The van der Waals surface area contributed by atoms with Crippen LogP contribution < -0.4 is 15.8 Å². The number of carbonyl (C=O) groups excluding carboxylic acids is 1. The predicted octanol–water partition coefficient (Wildman–Crippen LogP) is 1.35. The van der Waals surface area contributed by atoms with Crippen molar-refractivity contribution in [1.82, 2.24) is 4.72 Å². The van der Waals surface area contributed by atoms with E-state index >= 15 is 0 Å². The molecule has 1 saturated carbocycles. The fourth-order valence-corrected chi connectivity index (χ4v) is 5.12. The van der Waals surface area contributed by atoms with E-state index in [1.54, 1.807) is 6.07 Å². The summed E-state index contributed by atoms with van der Waals surface area (Å²) >= 11 is 3.33. The van der Waals surface area contributed by atoms with E-state index in [4.69, 9.17) is 5.73 Å². The van der Waals surface area contributed by atoms with Crippen molar-refractivity contribution in [3.05, 3.63) is 22.2 Å². The number of rotatable bonds is 5. The van der Waals surface area contributed by atoms with Crippen molar-refractivity contribution in [2.24, 2.45) is 11.7 Å². The Bertz CT molecular complexity index is 716. The molecule has 3 rings (SSSR count). The molecule has 8 heteroatoms. The molecule has 1 atom stereocenters. The van der Waals surface area contributed by atoms with Crippen molar-refractivity contribution in [3.8, 4) is 0 Å². The van der Waals surface area contributed by atoms with Crippen molar-refractivity contribution >= 4 is 37.5 Å². The first-order chi connectivity index (χ1) is 10.4. The number of halogens is 1. The van der Waals surface area contributed by atoms with Crippen LogP contribution >= 0.6 is 15.9 Å². The molecule has 0 bridgehead atoms. The molecule has 1 aliphatic carbocycles. The van der Waals surface area contributed by atoms with Gasteiger partial charge in [0.2, 0.25) is 15.9 Å². The van der Waals surface area contributed by atoms with E-state index in [1.807, 2.05) is 0 Å². The van der Waals surface area contributed by atoms with Gasteiger partial charge in [-0.25, -0.2) is 13.1 Å². The first-order valence-electron chi connectivity index (χ1n) is 7.25. The number of amides is 1. The van der Waals surface area contributed by atoms with Crippen LogP contribution in [-0.4, -0.2) is 26.9 Å². The van der Waals surface area contributed by atoms with E-state index in [9.17, 15) is 13.2 Å². The molecular weight excluding hydrogens is 370 g/mol. The number of hydrogen-bond acceptors (Lipinski definition) is 4. The summed E-state index contributed by atoms with van der Waals surface area (Å²) in [6.07, 6.45) is 3.04. The lowest BCUT2D eigenvalue weighted by atomic mass is 10.0. The van der Waals surface area contributed by atoms with E-state index < -0.39 is 10.0 Å². The lowest BCUT2D eigenvalue weighted by molar-refractivity contribution is -0.116. The molecule has 1 fully saturated rings. The number of anilines is 1. The Labute approximate surface area is 138 Å². The second-order valence-corrected chi connectivity index (χ2v) is 8.33. The first-order valence-corrected chi connectivity index (χ1v) is 9.53. The Morgan fingerprint density at radius 3 is 2.73 bits per heavy atom. The number of fused-ring (bicyclic) bond motifs is 1. The zero-order valence-corrected chi connectivity index (χ0v) is 14.3. The Morgan fingerprint density at radius 2 is 2.09 bits per heavy atom. The summed E-state index contributed by atoms with van der Waals surface area (Å²) in [7, 11) is -3.69. The van der Waals surface area contributed by atoms with Gasteiger partial charge in [-0.2, -0.15) is 0 Å². The van der Waals surface area contributed by atoms with Crippen molar-refractivity contribution in [1.29, 1.82) is 0 Å². The number of hydrogen-bond donors (Lipinski definition) is 3. The Kier molecular flexibility index (Phi) is 4.28. The highest BCUT2D eigenvalue weighted by atomic mass is 79.9. The minimum absolute atomic E-state index is 0.0936. The van der Waals surface area contributed by atoms with Gasteiger partial charge in [-0.15, -0.1) is 0 Å². The molecule has 2 aliphatic rings. The second-order valence-electron chi connectivity index (χ2n) is 5.79. The third kappa shape index (κ3) is 3.19. The van der Waals surface area contributed by atoms with Crippen LogP contribution in [0.15, 0.2) is 21.5 Å². The van der Waals surface area contributed by atoms with E-state index in [0.717, 1.165) is 18.4 Å². The number of aryl methyl sites for hydroxylation is 1. The van der Waals surface area contributed by atoms with Gasteiger partial charge in [-0.1, -0.05) is 0 Å². The van der Waals surface area contributed by atoms with Crippen LogP contribution in [0.1, 0.15) is 24.8 Å². The molecule has 1 aromatic carbocycles. The standard InChI is InChI=1S/C14H18BrN3O3S/c15-10-5-9-3-4-14(19)17-11(9)6-13(10)22(20,21)18-12(7-16)8-1-2-8/h5-6,8,12,18H,1-4,7,16H2,(H,17,19). The number of sulfonamides is 1. The van der Waals surface area contributed by atoms with Gasteiger partial charge in [0.05, 0.1) is 4.90 Å². The molecule has 1 unspecified atom stereocenters. The van der Waals surface area contributed by atoms with Crippen molar-refractivity contribution < 1.29 is 13.2 Å². The quantitative estimate of drug-likeness (QED) is 0.709. The molecule has 4 N–H and O–H groups in total. The van der Waals surface area contributed by atoms with Gasteiger partial charge in [-0.3, -0.25) is 4.79 Å². The molecule has 120 valence electrons. The van der Waals surface area contributed by atoms with Crippen LogP contribution in [0.2, 0.25) is 0 Å². The van der Waals surface area contributed by atoms with Crippen LogP contribution in [0, 0.1) is 5.92 Å². The summed E-state index contributed by atoms with van der Waals surface area (Å²) in [6.45, 7) is 0.281. The molecule has 0 spiro atoms. The first kappa shape index (κ1) is 15.9. The molecular formula is C14H18BrN3O3S. The highest BCUT2D eigenvalue weighted by Gasteiger charge is 2.34. The lowest BCUT2D eigenvalue weighted by Crippen LogP contribution is -2.41. The van der Waals surface area contributed by atoms with Gasteiger partial charge in [0, 0.05) is 29.2 Å². The number of benzene rings is 1. The summed E-state index contributed by atoms with van der Waals surface area (Å²) in [4.78, 5) is 11.6. The van der Waals surface area contributed by atoms with Crippen LogP contribution in [0.4, 0.5) is 5.69 Å². The van der Waals surface area contributed by atoms with E-state index in [0.29, 0.717) is 28.9 Å². The van der Waals surface area contributed by atoms with E-state index in [1.165, 1.54) is 6.07 Å². The second kappa shape index (κ2) is 5.92. The smallest absolute Gasteiger partial charge is 0.242 e. The number of carbonyl (C=O) groups is 1. The number of nitrogens with two attached hydrogens (primary N) is 1. The highest BCUT2D eigenvalue weighted by Crippen LogP contribution is 2.35. The highest BCUT2D eigenvalue weighted by molar-refractivity contribution is 9.10. The van der Waals surface area contributed by atoms with Gasteiger partial charge >= 0.3 is 0 Å². The summed E-state index contributed by atoms with van der Waals surface area (Å²) < 4.78 is 28.4. The van der Waals surface area contributed by atoms with Crippen molar-refractivity contribution in [2.45, 2.75) is 36.6 Å². The number of nitrogens with one attached hydrogen (secondary N) is 2. The van der Waals surface area contributed by atoms with E-state index in [-0.39, 0.29) is 23.4 Å². The largest absolute Gasteiger partial charge is 0.329 e. The zero-order valence-electron chi connectivity index (χ0n) is 11.9. The molecule has 1 heterocycles. The summed E-state index contributed by atoms with van der Waals surface area (Å²) in [5.41, 5.74) is 7.17. The van der Waals surface area contributed by atoms with Crippen LogP contribution in [-0.2, 0) is 21.2 Å². The zero-order chi connectivity index (χ0) is 15.9. The maximum atomic E-state index is 12.6. The predicted molar refractivity (Wildman–Crippen MR) is 87.0 cm³/mol. The van der Waals surface area contributed by atoms with Gasteiger partial charge in [0.25, 0.3) is 0 Å². The third-order valence-corrected chi connectivity index (χ3v) is 6.54. The average molecular weight is 388 g/mol. The maximum absolute atomic E-state index is 12.6. The SMILES string of the molecule is NCC(NS(=O)(=O)c1cc2c(cc1Br)CCC(=O)N2)C1CC1. The average Bonchev–Trinajstić information content (AvgIpc) is 3.29. The van der Waals surface area contributed by atoms with Gasteiger partial charge in [0.1, 0.15) is 0 Å². The topological polar surface area (TPSA) is 101 Å². The molecule has 1 aromatic rings. The van der Waals surface area contributed by atoms with Gasteiger partial charge in [0.15, 0.2) is 0 Å². The Morgan fingerprint density at radius 1 is 1.36 bits per heavy atom. The normalized spacial score (nSPS) is 19.5. The molecule has 0 radical (unpaired) electrons. The fraction of sp³-hybridized carbons (Fsp3) is 0.500.